The van der Waals surface area contributed by atoms with Gasteiger partial charge in [0.1, 0.15) is 4.88 Å². The quantitative estimate of drug-likeness (QED) is 0.514. The van der Waals surface area contributed by atoms with Crippen molar-refractivity contribution in [2.75, 3.05) is 5.32 Å². The van der Waals surface area contributed by atoms with Gasteiger partial charge in [-0.2, -0.15) is 0 Å². The van der Waals surface area contributed by atoms with E-state index in [9.17, 15) is 4.79 Å². The molecule has 1 heterocycles. The van der Waals surface area contributed by atoms with Crippen molar-refractivity contribution in [3.05, 3.63) is 45.9 Å². The normalized spacial score (nSPS) is 11.4. The fraction of sp³-hybridized carbons (Fsp3) is 0.154. The van der Waals surface area contributed by atoms with E-state index in [1.807, 2.05) is 13.0 Å². The zero-order chi connectivity index (χ0) is 13.8. The number of amides is 1. The van der Waals surface area contributed by atoms with E-state index in [4.69, 9.17) is 5.21 Å². The molecule has 2 rings (SSSR count). The maximum absolute atomic E-state index is 12.0. The Bertz CT molecular complexity index is 634. The number of benzene rings is 1. The number of thiazole rings is 1. The van der Waals surface area contributed by atoms with Gasteiger partial charge in [-0.05, 0) is 26.0 Å². The molecule has 98 valence electrons. The predicted octanol–water partition coefficient (Wildman–Crippen LogP) is 2.90. The van der Waals surface area contributed by atoms with Crippen LogP contribution in [0.4, 0.5) is 5.69 Å². The summed E-state index contributed by atoms with van der Waals surface area (Å²) >= 11 is 1.34. The second kappa shape index (κ2) is 5.62. The van der Waals surface area contributed by atoms with Gasteiger partial charge in [0.05, 0.1) is 16.9 Å². The summed E-state index contributed by atoms with van der Waals surface area (Å²) < 4.78 is 0. The first-order valence-corrected chi connectivity index (χ1v) is 6.44. The molecule has 0 fully saturated rings. The molecular formula is C13H13N3O2S. The Morgan fingerprint density at radius 3 is 2.89 bits per heavy atom. The minimum atomic E-state index is -0.193. The summed E-state index contributed by atoms with van der Waals surface area (Å²) in [5.74, 6) is -0.193. The second-order valence-electron chi connectivity index (χ2n) is 3.96. The molecule has 0 bridgehead atoms. The second-order valence-corrected chi connectivity index (χ2v) is 5.20. The van der Waals surface area contributed by atoms with Gasteiger partial charge in [-0.15, -0.1) is 11.3 Å². The van der Waals surface area contributed by atoms with Crippen LogP contribution in [0.15, 0.2) is 35.6 Å². The molecule has 0 saturated heterocycles. The molecule has 2 N–H and O–H groups in total. The molecule has 1 aromatic carbocycles. The summed E-state index contributed by atoms with van der Waals surface area (Å²) in [6.07, 6.45) is 1.56. The van der Waals surface area contributed by atoms with Gasteiger partial charge in [0.15, 0.2) is 0 Å². The van der Waals surface area contributed by atoms with E-state index in [1.54, 1.807) is 31.3 Å². The molecule has 0 saturated carbocycles. The van der Waals surface area contributed by atoms with Crippen LogP contribution in [0.3, 0.4) is 0 Å². The Morgan fingerprint density at radius 1 is 1.47 bits per heavy atom. The van der Waals surface area contributed by atoms with Gasteiger partial charge in [0.2, 0.25) is 0 Å². The van der Waals surface area contributed by atoms with Gasteiger partial charge in [0.25, 0.3) is 5.91 Å². The fourth-order valence-electron chi connectivity index (χ4n) is 1.54. The van der Waals surface area contributed by atoms with Crippen LogP contribution in [0.25, 0.3) is 0 Å². The van der Waals surface area contributed by atoms with Crippen LogP contribution in [0, 0.1) is 6.92 Å². The van der Waals surface area contributed by atoms with Crippen molar-refractivity contribution in [2.45, 2.75) is 13.8 Å². The molecule has 0 unspecified atom stereocenters. The van der Waals surface area contributed by atoms with Crippen molar-refractivity contribution in [1.82, 2.24) is 4.98 Å². The molecule has 0 radical (unpaired) electrons. The summed E-state index contributed by atoms with van der Waals surface area (Å²) in [5, 5.41) is 15.5. The molecule has 5 nitrogen and oxygen atoms in total. The highest BCUT2D eigenvalue weighted by molar-refractivity contribution is 7.13. The molecule has 0 aliphatic rings. The van der Waals surface area contributed by atoms with Gasteiger partial charge in [0, 0.05) is 11.3 Å². The first-order valence-electron chi connectivity index (χ1n) is 5.63. The highest BCUT2D eigenvalue weighted by Gasteiger charge is 2.09. The number of aromatic nitrogens is 1. The Hall–Kier alpha value is -2.21. The number of aryl methyl sites for hydroxylation is 1. The molecule has 6 heteroatoms. The number of oxime groups is 1. The van der Waals surface area contributed by atoms with Gasteiger partial charge in [-0.1, -0.05) is 17.3 Å². The van der Waals surface area contributed by atoms with Crippen LogP contribution >= 0.6 is 11.3 Å². The van der Waals surface area contributed by atoms with Crippen LogP contribution in [-0.2, 0) is 0 Å². The van der Waals surface area contributed by atoms with Crippen LogP contribution in [-0.4, -0.2) is 21.8 Å². The van der Waals surface area contributed by atoms with Crippen LogP contribution < -0.4 is 5.32 Å². The molecule has 0 aliphatic carbocycles. The third-order valence-corrected chi connectivity index (χ3v) is 3.44. The van der Waals surface area contributed by atoms with E-state index < -0.39 is 0 Å². The zero-order valence-corrected chi connectivity index (χ0v) is 11.4. The largest absolute Gasteiger partial charge is 0.411 e. The summed E-state index contributed by atoms with van der Waals surface area (Å²) in [6, 6.07) is 7.12. The minimum absolute atomic E-state index is 0.193. The van der Waals surface area contributed by atoms with Crippen molar-refractivity contribution in [1.29, 1.82) is 0 Å². The van der Waals surface area contributed by atoms with E-state index in [0.29, 0.717) is 16.3 Å². The summed E-state index contributed by atoms with van der Waals surface area (Å²) in [7, 11) is 0. The number of anilines is 1. The summed E-state index contributed by atoms with van der Waals surface area (Å²) in [5.41, 5.74) is 1.89. The van der Waals surface area contributed by atoms with Gasteiger partial charge in [-0.25, -0.2) is 4.98 Å². The molecule has 0 aliphatic heterocycles. The maximum Gasteiger partial charge on any atom is 0.267 e. The van der Waals surface area contributed by atoms with E-state index in [2.05, 4.69) is 15.5 Å². The van der Waals surface area contributed by atoms with E-state index in [1.165, 1.54) is 11.3 Å². The molecule has 1 amide bonds. The SMILES string of the molecule is C/C(=N/O)c1cccc(NC(=O)c2cnc(C)s2)c1. The highest BCUT2D eigenvalue weighted by atomic mass is 32.1. The van der Waals surface area contributed by atoms with E-state index >= 15 is 0 Å². The number of hydrogen-bond donors (Lipinski definition) is 2. The molecule has 0 spiro atoms. The molecule has 0 atom stereocenters. The lowest BCUT2D eigenvalue weighted by Crippen LogP contribution is -2.10. The molecular weight excluding hydrogens is 262 g/mol. The third kappa shape index (κ3) is 3.17. The number of rotatable bonds is 3. The van der Waals surface area contributed by atoms with Crippen molar-refractivity contribution in [3.63, 3.8) is 0 Å². The number of hydrogen-bond acceptors (Lipinski definition) is 5. The number of nitrogens with one attached hydrogen (secondary N) is 1. The van der Waals surface area contributed by atoms with Crippen molar-refractivity contribution in [2.24, 2.45) is 5.16 Å². The standard InChI is InChI=1S/C13H13N3O2S/c1-8(16-18)10-4-3-5-11(6-10)15-13(17)12-7-14-9(2)19-12/h3-7,18H,1-2H3,(H,15,17)/b16-8-. The Kier molecular flexibility index (Phi) is 3.91. The van der Waals surface area contributed by atoms with Gasteiger partial charge < -0.3 is 10.5 Å². The Morgan fingerprint density at radius 2 is 2.26 bits per heavy atom. The summed E-state index contributed by atoms with van der Waals surface area (Å²) in [6.45, 7) is 3.54. The number of nitrogens with zero attached hydrogens (tertiary/aromatic N) is 2. The molecule has 2 aromatic rings. The first-order chi connectivity index (χ1) is 9.10. The Balaban J connectivity index is 2.17. The van der Waals surface area contributed by atoms with Gasteiger partial charge >= 0.3 is 0 Å². The van der Waals surface area contributed by atoms with Crippen LogP contribution in [0.2, 0.25) is 0 Å². The number of carbonyl (C=O) groups excluding carboxylic acids is 1. The maximum atomic E-state index is 12.0. The minimum Gasteiger partial charge on any atom is -0.411 e. The first kappa shape index (κ1) is 13.2. The lowest BCUT2D eigenvalue weighted by Gasteiger charge is -2.05. The van der Waals surface area contributed by atoms with Crippen molar-refractivity contribution >= 4 is 28.6 Å². The zero-order valence-electron chi connectivity index (χ0n) is 10.5. The fourth-order valence-corrected chi connectivity index (χ4v) is 2.21. The van der Waals surface area contributed by atoms with E-state index in [-0.39, 0.29) is 5.91 Å². The van der Waals surface area contributed by atoms with Gasteiger partial charge in [-0.3, -0.25) is 4.79 Å². The van der Waals surface area contributed by atoms with E-state index in [0.717, 1.165) is 10.6 Å². The Labute approximate surface area is 114 Å². The van der Waals surface area contributed by atoms with Crippen LogP contribution in [0.1, 0.15) is 27.2 Å². The predicted molar refractivity (Wildman–Crippen MR) is 75.2 cm³/mol. The molecule has 19 heavy (non-hydrogen) atoms. The average molecular weight is 275 g/mol. The number of carbonyl (C=O) groups is 1. The van der Waals surface area contributed by atoms with Crippen LogP contribution in [0.5, 0.6) is 0 Å². The third-order valence-electron chi connectivity index (χ3n) is 2.53. The van der Waals surface area contributed by atoms with Crippen molar-refractivity contribution in [3.8, 4) is 0 Å². The lowest BCUT2D eigenvalue weighted by molar-refractivity contribution is 0.103. The lowest BCUT2D eigenvalue weighted by atomic mass is 10.1. The topological polar surface area (TPSA) is 74.6 Å². The molecule has 1 aromatic heterocycles. The average Bonchev–Trinajstić information content (AvgIpc) is 2.85. The summed E-state index contributed by atoms with van der Waals surface area (Å²) in [4.78, 5) is 16.6. The van der Waals surface area contributed by atoms with Crippen molar-refractivity contribution < 1.29 is 10.0 Å². The monoisotopic (exact) mass is 275 g/mol. The highest BCUT2D eigenvalue weighted by Crippen LogP contribution is 2.16. The smallest absolute Gasteiger partial charge is 0.267 e.